The molecule has 0 fully saturated rings. The number of rotatable bonds is 16. The van der Waals surface area contributed by atoms with Crippen molar-refractivity contribution in [3.63, 3.8) is 0 Å². The predicted octanol–water partition coefficient (Wildman–Crippen LogP) is 11.1. The van der Waals surface area contributed by atoms with E-state index in [1.807, 2.05) is 6.92 Å². The number of hydrogen-bond acceptors (Lipinski definition) is 5. The van der Waals surface area contributed by atoms with Crippen molar-refractivity contribution in [2.75, 3.05) is 6.61 Å². The Hall–Kier alpha value is -4.49. The Labute approximate surface area is 289 Å². The zero-order valence-corrected chi connectivity index (χ0v) is 26.8. The van der Waals surface area contributed by atoms with Crippen LogP contribution < -0.4 is 9.47 Å². The molecule has 0 amide bonds. The van der Waals surface area contributed by atoms with Crippen LogP contribution in [0.4, 0.5) is 65.9 Å². The lowest BCUT2D eigenvalue weighted by molar-refractivity contribution is -0.470. The quantitative estimate of drug-likeness (QED) is 0.0361. The molecule has 0 aliphatic rings. The van der Waals surface area contributed by atoms with Crippen molar-refractivity contribution in [1.29, 1.82) is 0 Å². The molecule has 3 rings (SSSR count). The third kappa shape index (κ3) is 9.18. The van der Waals surface area contributed by atoms with E-state index in [1.165, 1.54) is 0 Å². The first-order valence-electron chi connectivity index (χ1n) is 15.2. The molecule has 3 aromatic carbocycles. The SMILES string of the molecule is CCCCCCCCOc1c(F)c(F)c(C(=O)Oc2ccc(-c3ccc(C(=O)C(F)(OC(F)(F)C(F)(F)C(F)(F)F)C(F)(F)F)cc3)cc2)c(F)c1F. The number of carbonyl (C=O) groups is 2. The minimum atomic E-state index is -7.37. The van der Waals surface area contributed by atoms with E-state index in [9.17, 15) is 75.4 Å². The van der Waals surface area contributed by atoms with Crippen LogP contribution in [0.25, 0.3) is 11.1 Å². The molecule has 0 aromatic heterocycles. The highest BCUT2D eigenvalue weighted by Crippen LogP contribution is 2.51. The summed E-state index contributed by atoms with van der Waals surface area (Å²) >= 11 is 0. The lowest BCUT2D eigenvalue weighted by atomic mass is 9.99. The highest BCUT2D eigenvalue weighted by molar-refractivity contribution is 6.02. The fourth-order valence-corrected chi connectivity index (χ4v) is 4.49. The predicted molar refractivity (Wildman–Crippen MR) is 153 cm³/mol. The number of esters is 1. The summed E-state index contributed by atoms with van der Waals surface area (Å²) in [4.78, 5) is 24.7. The van der Waals surface area contributed by atoms with Crippen LogP contribution in [0.2, 0.25) is 0 Å². The number of carbonyl (C=O) groups excluding carboxylic acids is 2. The van der Waals surface area contributed by atoms with Crippen molar-refractivity contribution in [2.24, 2.45) is 0 Å². The van der Waals surface area contributed by atoms with Crippen molar-refractivity contribution in [2.45, 2.75) is 75.7 Å². The summed E-state index contributed by atoms with van der Waals surface area (Å²) in [5, 5.41) is 0. The number of hydrogen-bond donors (Lipinski definition) is 0. The zero-order valence-electron chi connectivity index (χ0n) is 26.8. The highest BCUT2D eigenvalue weighted by Gasteiger charge is 2.79. The smallest absolute Gasteiger partial charge is 0.462 e. The lowest BCUT2D eigenvalue weighted by Crippen LogP contribution is -2.61. The number of ether oxygens (including phenoxy) is 3. The third-order valence-electron chi connectivity index (χ3n) is 7.36. The highest BCUT2D eigenvalue weighted by atomic mass is 19.4. The van der Waals surface area contributed by atoms with Gasteiger partial charge in [0.05, 0.1) is 6.61 Å². The monoisotopic (exact) mass is 786 g/mol. The fraction of sp³-hybridized carbons (Fsp3) is 0.394. The maximum Gasteiger partial charge on any atom is 0.462 e. The first-order chi connectivity index (χ1) is 24.4. The van der Waals surface area contributed by atoms with Gasteiger partial charge < -0.3 is 9.47 Å². The van der Waals surface area contributed by atoms with E-state index >= 15 is 0 Å². The standard InChI is InChI=1S/C33H25F15O5/c1-2-3-4-5-6-7-16-51-26-24(36)22(34)21(23(35)25(26)37)28(50)52-20-14-12-18(13-15-20)17-8-10-19(11-9-17)27(49)29(38,31(41,42)43)53-33(47,48)30(39,40)32(44,45)46/h8-15H,2-7,16H2,1H3. The van der Waals surface area contributed by atoms with Gasteiger partial charge in [0.25, 0.3) is 0 Å². The van der Waals surface area contributed by atoms with E-state index in [1.54, 1.807) is 0 Å². The van der Waals surface area contributed by atoms with Crippen LogP contribution >= 0.6 is 0 Å². The number of alkyl halides is 11. The summed E-state index contributed by atoms with van der Waals surface area (Å²) in [6.07, 6.45) is -16.7. The summed E-state index contributed by atoms with van der Waals surface area (Å²) in [6, 6.07) is 6.13. The van der Waals surface area contributed by atoms with Crippen molar-refractivity contribution < 1.29 is 89.7 Å². The Bertz CT molecular complexity index is 1730. The molecule has 20 heteroatoms. The van der Waals surface area contributed by atoms with Crippen LogP contribution in [0.3, 0.4) is 0 Å². The molecule has 0 heterocycles. The molecule has 0 N–H and O–H groups in total. The van der Waals surface area contributed by atoms with Crippen molar-refractivity contribution >= 4 is 11.8 Å². The average Bonchev–Trinajstić information content (AvgIpc) is 3.07. The van der Waals surface area contributed by atoms with Crippen LogP contribution in [0, 0.1) is 23.3 Å². The van der Waals surface area contributed by atoms with Gasteiger partial charge in [-0.2, -0.15) is 57.1 Å². The second kappa shape index (κ2) is 16.3. The van der Waals surface area contributed by atoms with E-state index in [-0.39, 0.29) is 17.7 Å². The van der Waals surface area contributed by atoms with Crippen molar-refractivity contribution in [3.8, 4) is 22.6 Å². The first kappa shape index (κ1) is 42.9. The largest absolute Gasteiger partial charge is 0.487 e. The minimum absolute atomic E-state index is 0.0278. The molecule has 0 radical (unpaired) electrons. The first-order valence-corrected chi connectivity index (χ1v) is 15.2. The van der Waals surface area contributed by atoms with E-state index in [0.29, 0.717) is 25.0 Å². The Kier molecular flexibility index (Phi) is 13.2. The van der Waals surface area contributed by atoms with Crippen LogP contribution in [-0.2, 0) is 4.74 Å². The third-order valence-corrected chi connectivity index (χ3v) is 7.36. The molecular formula is C33H25F15O5. The molecule has 1 atom stereocenters. The Morgan fingerprint density at radius 1 is 0.604 bits per heavy atom. The van der Waals surface area contributed by atoms with Gasteiger partial charge in [0.2, 0.25) is 17.4 Å². The molecule has 5 nitrogen and oxygen atoms in total. The van der Waals surface area contributed by atoms with Gasteiger partial charge in [-0.05, 0) is 29.7 Å². The van der Waals surface area contributed by atoms with E-state index in [4.69, 9.17) is 9.47 Å². The van der Waals surface area contributed by atoms with Gasteiger partial charge in [-0.15, -0.1) is 0 Å². The Morgan fingerprint density at radius 2 is 1.08 bits per heavy atom. The molecule has 0 spiro atoms. The second-order valence-corrected chi connectivity index (χ2v) is 11.2. The summed E-state index contributed by atoms with van der Waals surface area (Å²) in [5.74, 6) is -28.9. The van der Waals surface area contributed by atoms with E-state index in [0.717, 1.165) is 62.1 Å². The van der Waals surface area contributed by atoms with Crippen LogP contribution in [-0.4, -0.2) is 48.6 Å². The van der Waals surface area contributed by atoms with Gasteiger partial charge in [-0.25, -0.2) is 13.6 Å². The van der Waals surface area contributed by atoms with Crippen molar-refractivity contribution in [3.05, 3.63) is 82.9 Å². The second-order valence-electron chi connectivity index (χ2n) is 11.2. The van der Waals surface area contributed by atoms with Gasteiger partial charge in [0, 0.05) is 5.56 Å². The van der Waals surface area contributed by atoms with Gasteiger partial charge in [0.1, 0.15) is 11.3 Å². The molecule has 292 valence electrons. The van der Waals surface area contributed by atoms with Gasteiger partial charge >= 0.3 is 36.2 Å². The topological polar surface area (TPSA) is 61.8 Å². The van der Waals surface area contributed by atoms with Gasteiger partial charge in [0.15, 0.2) is 17.4 Å². The van der Waals surface area contributed by atoms with Crippen LogP contribution in [0.15, 0.2) is 48.5 Å². The molecule has 0 bridgehead atoms. The zero-order chi connectivity index (χ0) is 40.2. The molecule has 0 aliphatic carbocycles. The van der Waals surface area contributed by atoms with Gasteiger partial charge in [-0.3, -0.25) is 9.53 Å². The summed E-state index contributed by atoms with van der Waals surface area (Å²) in [7, 11) is 0. The Morgan fingerprint density at radius 3 is 1.55 bits per heavy atom. The van der Waals surface area contributed by atoms with Gasteiger partial charge in [-0.1, -0.05) is 75.4 Å². The van der Waals surface area contributed by atoms with E-state index < -0.39 is 87.9 Å². The fourth-order valence-electron chi connectivity index (χ4n) is 4.49. The van der Waals surface area contributed by atoms with Crippen molar-refractivity contribution in [1.82, 2.24) is 0 Å². The normalized spacial score (nSPS) is 13.8. The molecule has 3 aromatic rings. The number of benzene rings is 3. The number of unbranched alkanes of at least 4 members (excludes halogenated alkanes) is 5. The van der Waals surface area contributed by atoms with Crippen LogP contribution in [0.5, 0.6) is 11.5 Å². The molecule has 0 aliphatic heterocycles. The summed E-state index contributed by atoms with van der Waals surface area (Å²) < 4.78 is 216. The summed E-state index contributed by atoms with van der Waals surface area (Å²) in [5.41, 5.74) is -3.28. The van der Waals surface area contributed by atoms with Crippen LogP contribution in [0.1, 0.15) is 66.2 Å². The summed E-state index contributed by atoms with van der Waals surface area (Å²) in [6.45, 7) is 1.72. The maximum absolute atomic E-state index is 14.7. The number of ketones is 1. The van der Waals surface area contributed by atoms with E-state index in [2.05, 4.69) is 4.74 Å². The molecule has 0 saturated carbocycles. The number of Topliss-reactive ketones (excluding diaryl/α,β-unsaturated/α-hetero) is 1. The molecule has 1 unspecified atom stereocenters. The lowest BCUT2D eigenvalue weighted by Gasteiger charge is -2.34. The molecule has 0 saturated heterocycles. The maximum atomic E-state index is 14.7. The minimum Gasteiger partial charge on any atom is -0.487 e. The number of halogens is 15. The average molecular weight is 787 g/mol. The molecule has 53 heavy (non-hydrogen) atoms. The molecular weight excluding hydrogens is 761 g/mol. The Balaban J connectivity index is 1.76.